The van der Waals surface area contributed by atoms with E-state index in [4.69, 9.17) is 5.11 Å². The first-order valence-corrected chi connectivity index (χ1v) is 7.11. The van der Waals surface area contributed by atoms with Gasteiger partial charge in [0.1, 0.15) is 10.9 Å². The highest BCUT2D eigenvalue weighted by atomic mass is 32.2. The zero-order chi connectivity index (χ0) is 13.6. The van der Waals surface area contributed by atoms with Crippen LogP contribution < -0.4 is 4.72 Å². The smallest absolute Gasteiger partial charge is 0.321 e. The zero-order valence-electron chi connectivity index (χ0n) is 10.0. The second-order valence-corrected chi connectivity index (χ2v) is 5.56. The fourth-order valence-corrected chi connectivity index (χ4v) is 2.59. The molecule has 1 aromatic heterocycles. The van der Waals surface area contributed by atoms with Gasteiger partial charge in [0.25, 0.3) is 0 Å². The molecule has 18 heavy (non-hydrogen) atoms. The summed E-state index contributed by atoms with van der Waals surface area (Å²) in [5.41, 5.74) is 0. The van der Waals surface area contributed by atoms with Crippen molar-refractivity contribution in [3.8, 4) is 0 Å². The summed E-state index contributed by atoms with van der Waals surface area (Å²) in [6.45, 7) is 1.91. The number of carbonyl (C=O) groups is 1. The first-order valence-electron chi connectivity index (χ1n) is 5.62. The van der Waals surface area contributed by atoms with Gasteiger partial charge in [-0.25, -0.2) is 8.42 Å². The van der Waals surface area contributed by atoms with E-state index in [2.05, 4.69) is 9.71 Å². The third-order valence-corrected chi connectivity index (χ3v) is 3.84. The van der Waals surface area contributed by atoms with Crippen molar-refractivity contribution in [2.24, 2.45) is 0 Å². The Morgan fingerprint density at radius 1 is 1.56 bits per heavy atom. The van der Waals surface area contributed by atoms with E-state index in [0.717, 1.165) is 6.42 Å². The molecule has 0 aliphatic rings. The topological polar surface area (TPSA) is 96.4 Å². The van der Waals surface area contributed by atoms with Gasteiger partial charge >= 0.3 is 5.97 Å². The average Bonchev–Trinajstić information content (AvgIpc) is 2.35. The Morgan fingerprint density at radius 3 is 2.78 bits per heavy atom. The molecule has 0 saturated carbocycles. The van der Waals surface area contributed by atoms with Gasteiger partial charge in [-0.15, -0.1) is 0 Å². The predicted octanol–water partition coefficient (Wildman–Crippen LogP) is 1.00. The van der Waals surface area contributed by atoms with Gasteiger partial charge in [0, 0.05) is 12.4 Å². The number of unbranched alkanes of at least 4 members (excludes halogenated alkanes) is 1. The van der Waals surface area contributed by atoms with Gasteiger partial charge in [-0.1, -0.05) is 19.8 Å². The molecule has 0 bridgehead atoms. The molecular weight excluding hydrogens is 256 g/mol. The summed E-state index contributed by atoms with van der Waals surface area (Å²) in [6, 6.07) is 1.75. The molecule has 0 spiro atoms. The van der Waals surface area contributed by atoms with Crippen LogP contribution in [0.1, 0.15) is 26.2 Å². The number of pyridine rings is 1. The summed E-state index contributed by atoms with van der Waals surface area (Å²) in [6.07, 6.45) is 4.35. The first kappa shape index (κ1) is 14.6. The van der Waals surface area contributed by atoms with Crippen LogP contribution in [-0.2, 0) is 14.8 Å². The molecule has 1 aromatic rings. The number of carboxylic acids is 1. The normalized spacial score (nSPS) is 13.2. The summed E-state index contributed by atoms with van der Waals surface area (Å²) in [5, 5.41) is 8.97. The molecule has 2 N–H and O–H groups in total. The Morgan fingerprint density at radius 2 is 2.28 bits per heavy atom. The van der Waals surface area contributed by atoms with Crippen molar-refractivity contribution in [3.63, 3.8) is 0 Å². The summed E-state index contributed by atoms with van der Waals surface area (Å²) in [5.74, 6) is -1.17. The Hall–Kier alpha value is -1.47. The fraction of sp³-hybridized carbons (Fsp3) is 0.455. The van der Waals surface area contributed by atoms with Gasteiger partial charge in [-0.2, -0.15) is 4.72 Å². The maximum Gasteiger partial charge on any atom is 0.321 e. The van der Waals surface area contributed by atoms with Crippen molar-refractivity contribution in [3.05, 3.63) is 24.5 Å². The third kappa shape index (κ3) is 4.08. The molecule has 1 rings (SSSR count). The van der Waals surface area contributed by atoms with Crippen LogP contribution in [0.25, 0.3) is 0 Å². The molecule has 1 heterocycles. The minimum Gasteiger partial charge on any atom is -0.480 e. The highest BCUT2D eigenvalue weighted by Crippen LogP contribution is 2.09. The molecule has 6 nitrogen and oxygen atoms in total. The lowest BCUT2D eigenvalue weighted by Crippen LogP contribution is -2.40. The highest BCUT2D eigenvalue weighted by molar-refractivity contribution is 7.89. The van der Waals surface area contributed by atoms with Crippen LogP contribution in [0.2, 0.25) is 0 Å². The van der Waals surface area contributed by atoms with E-state index >= 15 is 0 Å². The van der Waals surface area contributed by atoms with E-state index < -0.39 is 22.0 Å². The van der Waals surface area contributed by atoms with Crippen molar-refractivity contribution < 1.29 is 18.3 Å². The maximum atomic E-state index is 11.9. The Balaban J connectivity index is 2.83. The molecule has 0 fully saturated rings. The molecule has 0 saturated heterocycles. The standard InChI is InChI=1S/C11H16N2O4S/c1-2-3-6-10(11(14)15)13-18(16,17)9-5-4-7-12-8-9/h4-5,7-8,10,13H,2-3,6H2,1H3,(H,14,15)/t10-/m0/s1. The number of carboxylic acid groups (broad SMARTS) is 1. The van der Waals surface area contributed by atoms with Crippen molar-refractivity contribution >= 4 is 16.0 Å². The number of aliphatic carboxylic acids is 1. The number of hydrogen-bond acceptors (Lipinski definition) is 4. The average molecular weight is 272 g/mol. The summed E-state index contributed by atoms with van der Waals surface area (Å²) < 4.78 is 26.0. The zero-order valence-corrected chi connectivity index (χ0v) is 10.9. The minimum atomic E-state index is -3.83. The molecule has 100 valence electrons. The van der Waals surface area contributed by atoms with E-state index in [9.17, 15) is 13.2 Å². The molecule has 1 atom stereocenters. The second kappa shape index (κ2) is 6.46. The number of sulfonamides is 1. The van der Waals surface area contributed by atoms with Crippen molar-refractivity contribution in [2.75, 3.05) is 0 Å². The fourth-order valence-electron chi connectivity index (χ4n) is 1.40. The number of aromatic nitrogens is 1. The largest absolute Gasteiger partial charge is 0.480 e. The van der Waals surface area contributed by atoms with Crippen LogP contribution in [0.3, 0.4) is 0 Å². The molecule has 0 aliphatic heterocycles. The van der Waals surface area contributed by atoms with Crippen LogP contribution >= 0.6 is 0 Å². The van der Waals surface area contributed by atoms with Gasteiger partial charge in [-0.05, 0) is 18.6 Å². The van der Waals surface area contributed by atoms with Gasteiger partial charge < -0.3 is 5.11 Å². The number of nitrogens with zero attached hydrogens (tertiary/aromatic N) is 1. The van der Waals surface area contributed by atoms with Crippen LogP contribution in [0.4, 0.5) is 0 Å². The maximum absolute atomic E-state index is 11.9. The van der Waals surface area contributed by atoms with Gasteiger partial charge in [0.2, 0.25) is 10.0 Å². The molecule has 0 aromatic carbocycles. The van der Waals surface area contributed by atoms with E-state index in [1.165, 1.54) is 24.5 Å². The SMILES string of the molecule is CCCC[C@H](NS(=O)(=O)c1cccnc1)C(=O)O. The quantitative estimate of drug-likeness (QED) is 0.772. The van der Waals surface area contributed by atoms with E-state index in [1.807, 2.05) is 6.92 Å². The van der Waals surface area contributed by atoms with Crippen molar-refractivity contribution in [2.45, 2.75) is 37.1 Å². The molecule has 0 amide bonds. The van der Waals surface area contributed by atoms with Gasteiger partial charge in [0.05, 0.1) is 0 Å². The van der Waals surface area contributed by atoms with Crippen LogP contribution in [-0.4, -0.2) is 30.5 Å². The van der Waals surface area contributed by atoms with Crippen molar-refractivity contribution in [1.29, 1.82) is 0 Å². The highest BCUT2D eigenvalue weighted by Gasteiger charge is 2.24. The lowest BCUT2D eigenvalue weighted by Gasteiger charge is -2.14. The van der Waals surface area contributed by atoms with Crippen LogP contribution in [0, 0.1) is 0 Å². The minimum absolute atomic E-state index is 0.0345. The number of nitrogens with one attached hydrogen (secondary N) is 1. The predicted molar refractivity (Wildman–Crippen MR) is 65.5 cm³/mol. The summed E-state index contributed by atoms with van der Waals surface area (Å²) in [7, 11) is -3.83. The van der Waals surface area contributed by atoms with Crippen molar-refractivity contribution in [1.82, 2.24) is 9.71 Å². The first-order chi connectivity index (χ1) is 8.47. The van der Waals surface area contributed by atoms with E-state index in [-0.39, 0.29) is 11.3 Å². The van der Waals surface area contributed by atoms with Crippen LogP contribution in [0.5, 0.6) is 0 Å². The molecule has 0 aliphatic carbocycles. The van der Waals surface area contributed by atoms with Gasteiger partial charge in [-0.3, -0.25) is 9.78 Å². The summed E-state index contributed by atoms with van der Waals surface area (Å²) in [4.78, 5) is 14.6. The number of rotatable bonds is 7. The van der Waals surface area contributed by atoms with Gasteiger partial charge in [0.15, 0.2) is 0 Å². The van der Waals surface area contributed by atoms with Crippen LogP contribution in [0.15, 0.2) is 29.4 Å². The van der Waals surface area contributed by atoms with E-state index in [1.54, 1.807) is 0 Å². The summed E-state index contributed by atoms with van der Waals surface area (Å²) >= 11 is 0. The molecule has 7 heteroatoms. The second-order valence-electron chi connectivity index (χ2n) is 3.84. The Labute approximate surface area is 106 Å². The number of hydrogen-bond donors (Lipinski definition) is 2. The third-order valence-electron chi connectivity index (χ3n) is 2.39. The lowest BCUT2D eigenvalue weighted by molar-refractivity contribution is -0.139. The Kier molecular flexibility index (Phi) is 5.24. The lowest BCUT2D eigenvalue weighted by atomic mass is 10.1. The molecular formula is C11H16N2O4S. The molecule has 0 unspecified atom stereocenters. The monoisotopic (exact) mass is 272 g/mol. The Bertz CT molecular complexity index is 487. The van der Waals surface area contributed by atoms with E-state index in [0.29, 0.717) is 6.42 Å². The molecule has 0 radical (unpaired) electrons.